The Kier molecular flexibility index (Phi) is 3.47. The van der Waals surface area contributed by atoms with Crippen molar-refractivity contribution in [3.8, 4) is 0 Å². The zero-order valence-corrected chi connectivity index (χ0v) is 12.5. The van der Waals surface area contributed by atoms with Crippen molar-refractivity contribution in [2.75, 3.05) is 5.32 Å². The lowest BCUT2D eigenvalue weighted by Crippen LogP contribution is -2.38. The molecule has 0 aromatic carbocycles. The van der Waals surface area contributed by atoms with Gasteiger partial charge >= 0.3 is 0 Å². The van der Waals surface area contributed by atoms with Crippen LogP contribution in [0.3, 0.4) is 0 Å². The Morgan fingerprint density at radius 2 is 2.05 bits per heavy atom. The van der Waals surface area contributed by atoms with E-state index >= 15 is 0 Å². The van der Waals surface area contributed by atoms with Crippen molar-refractivity contribution in [3.63, 3.8) is 0 Å². The Hall–Kier alpha value is -1.29. The second-order valence-corrected chi connectivity index (χ2v) is 6.41. The summed E-state index contributed by atoms with van der Waals surface area (Å²) in [4.78, 5) is 11.6. The standard InChI is InChI=1S/C15H24N2O2/c1-6-17-10-11(7-8-13(17)18)16-12-9-14(2,3)19-15(12,4)5/h7-8,10,12,16H,6,9H2,1-5H3. The van der Waals surface area contributed by atoms with Gasteiger partial charge in [0, 0.05) is 18.8 Å². The van der Waals surface area contributed by atoms with Gasteiger partial charge in [-0.2, -0.15) is 0 Å². The number of ether oxygens (including phenoxy) is 1. The van der Waals surface area contributed by atoms with Gasteiger partial charge in [-0.3, -0.25) is 4.79 Å². The van der Waals surface area contributed by atoms with E-state index < -0.39 is 0 Å². The van der Waals surface area contributed by atoms with Gasteiger partial charge in [-0.15, -0.1) is 0 Å². The summed E-state index contributed by atoms with van der Waals surface area (Å²) in [6.07, 6.45) is 2.83. The molecule has 1 saturated heterocycles. The number of nitrogens with zero attached hydrogens (tertiary/aromatic N) is 1. The summed E-state index contributed by atoms with van der Waals surface area (Å²) in [6, 6.07) is 3.70. The third-order valence-corrected chi connectivity index (χ3v) is 3.74. The third-order valence-electron chi connectivity index (χ3n) is 3.74. The van der Waals surface area contributed by atoms with Crippen LogP contribution in [-0.2, 0) is 11.3 Å². The molecule has 0 aliphatic carbocycles. The van der Waals surface area contributed by atoms with Crippen LogP contribution in [0.5, 0.6) is 0 Å². The lowest BCUT2D eigenvalue weighted by molar-refractivity contribution is -0.0662. The van der Waals surface area contributed by atoms with E-state index in [0.717, 1.165) is 12.1 Å². The molecule has 1 aliphatic heterocycles. The van der Waals surface area contributed by atoms with Crippen LogP contribution in [0.4, 0.5) is 5.69 Å². The van der Waals surface area contributed by atoms with E-state index in [1.165, 1.54) is 0 Å². The molecule has 1 atom stereocenters. The van der Waals surface area contributed by atoms with Gasteiger partial charge < -0.3 is 14.6 Å². The van der Waals surface area contributed by atoms with Gasteiger partial charge in [-0.25, -0.2) is 0 Å². The van der Waals surface area contributed by atoms with E-state index in [9.17, 15) is 4.79 Å². The average molecular weight is 264 g/mol. The molecule has 0 bridgehead atoms. The SMILES string of the molecule is CCn1cc(NC2CC(C)(C)OC2(C)C)ccc1=O. The molecular formula is C15H24N2O2. The topological polar surface area (TPSA) is 43.3 Å². The van der Waals surface area contributed by atoms with E-state index in [0.29, 0.717) is 6.54 Å². The minimum atomic E-state index is -0.212. The smallest absolute Gasteiger partial charge is 0.250 e. The molecule has 1 N–H and O–H groups in total. The van der Waals surface area contributed by atoms with E-state index in [-0.39, 0.29) is 22.8 Å². The number of rotatable bonds is 3. The highest BCUT2D eigenvalue weighted by atomic mass is 16.5. The van der Waals surface area contributed by atoms with Crippen LogP contribution >= 0.6 is 0 Å². The number of hydrogen-bond acceptors (Lipinski definition) is 3. The van der Waals surface area contributed by atoms with Gasteiger partial charge in [0.2, 0.25) is 0 Å². The van der Waals surface area contributed by atoms with Gasteiger partial charge in [0.25, 0.3) is 5.56 Å². The quantitative estimate of drug-likeness (QED) is 0.912. The number of hydrogen-bond donors (Lipinski definition) is 1. The molecule has 0 spiro atoms. The fourth-order valence-electron chi connectivity index (χ4n) is 2.85. The summed E-state index contributed by atoms with van der Waals surface area (Å²) in [5.41, 5.74) is 0.688. The van der Waals surface area contributed by atoms with Gasteiger partial charge in [0.05, 0.1) is 22.9 Å². The van der Waals surface area contributed by atoms with Crippen LogP contribution in [0.15, 0.2) is 23.1 Å². The predicted molar refractivity (Wildman–Crippen MR) is 77.6 cm³/mol. The van der Waals surface area contributed by atoms with Crippen molar-refractivity contribution in [3.05, 3.63) is 28.7 Å². The molecule has 19 heavy (non-hydrogen) atoms. The lowest BCUT2D eigenvalue weighted by atomic mass is 9.94. The summed E-state index contributed by atoms with van der Waals surface area (Å²) in [6.45, 7) is 11.1. The zero-order chi connectivity index (χ0) is 14.3. The molecular weight excluding hydrogens is 240 g/mol. The first-order chi connectivity index (χ1) is 8.73. The number of anilines is 1. The Morgan fingerprint density at radius 3 is 2.58 bits per heavy atom. The Bertz CT molecular complexity index is 517. The molecule has 0 saturated carbocycles. The molecule has 0 amide bonds. The molecule has 1 aromatic heterocycles. The maximum absolute atomic E-state index is 11.6. The van der Waals surface area contributed by atoms with Crippen LogP contribution in [0.1, 0.15) is 41.0 Å². The van der Waals surface area contributed by atoms with Gasteiger partial charge in [-0.05, 0) is 47.1 Å². The number of nitrogens with one attached hydrogen (secondary N) is 1. The number of pyridine rings is 1. The highest BCUT2D eigenvalue weighted by Crippen LogP contribution is 2.38. The fourth-order valence-corrected chi connectivity index (χ4v) is 2.85. The van der Waals surface area contributed by atoms with E-state index in [1.807, 2.05) is 19.2 Å². The highest BCUT2D eigenvalue weighted by Gasteiger charge is 2.45. The molecule has 0 radical (unpaired) electrons. The Labute approximate surface area is 114 Å². The predicted octanol–water partition coefficient (Wildman–Crippen LogP) is 2.63. The molecule has 2 rings (SSSR count). The minimum Gasteiger partial charge on any atom is -0.378 e. The van der Waals surface area contributed by atoms with Crippen molar-refractivity contribution in [2.24, 2.45) is 0 Å². The number of aryl methyl sites for hydroxylation is 1. The lowest BCUT2D eigenvalue weighted by Gasteiger charge is -2.28. The largest absolute Gasteiger partial charge is 0.378 e. The second kappa shape index (κ2) is 4.67. The maximum Gasteiger partial charge on any atom is 0.250 e. The van der Waals surface area contributed by atoms with E-state index in [2.05, 4.69) is 33.0 Å². The van der Waals surface area contributed by atoms with Gasteiger partial charge in [0.1, 0.15) is 0 Å². The van der Waals surface area contributed by atoms with Crippen LogP contribution in [0, 0.1) is 0 Å². The molecule has 1 aliphatic rings. The van der Waals surface area contributed by atoms with Crippen LogP contribution in [-0.4, -0.2) is 21.8 Å². The first kappa shape index (κ1) is 14.1. The Morgan fingerprint density at radius 1 is 1.37 bits per heavy atom. The van der Waals surface area contributed by atoms with Crippen molar-refractivity contribution < 1.29 is 4.74 Å². The first-order valence-corrected chi connectivity index (χ1v) is 6.91. The highest BCUT2D eigenvalue weighted by molar-refractivity contribution is 5.42. The van der Waals surface area contributed by atoms with E-state index in [1.54, 1.807) is 10.6 Å². The van der Waals surface area contributed by atoms with Gasteiger partial charge in [0.15, 0.2) is 0 Å². The summed E-state index contributed by atoms with van der Waals surface area (Å²) in [5, 5.41) is 3.50. The molecule has 1 fully saturated rings. The molecule has 1 unspecified atom stereocenters. The third kappa shape index (κ3) is 3.00. The van der Waals surface area contributed by atoms with Crippen molar-refractivity contribution in [2.45, 2.75) is 64.8 Å². The van der Waals surface area contributed by atoms with Crippen molar-refractivity contribution >= 4 is 5.69 Å². The monoisotopic (exact) mass is 264 g/mol. The van der Waals surface area contributed by atoms with E-state index in [4.69, 9.17) is 4.74 Å². The number of aromatic nitrogens is 1. The zero-order valence-electron chi connectivity index (χ0n) is 12.5. The normalized spacial score (nSPS) is 24.4. The van der Waals surface area contributed by atoms with Crippen LogP contribution < -0.4 is 10.9 Å². The summed E-state index contributed by atoms with van der Waals surface area (Å²) >= 11 is 0. The van der Waals surface area contributed by atoms with Crippen molar-refractivity contribution in [1.82, 2.24) is 4.57 Å². The molecule has 4 nitrogen and oxygen atoms in total. The molecule has 1 aromatic rings. The van der Waals surface area contributed by atoms with Crippen molar-refractivity contribution in [1.29, 1.82) is 0 Å². The van der Waals surface area contributed by atoms with Gasteiger partial charge in [-0.1, -0.05) is 0 Å². The average Bonchev–Trinajstić information content (AvgIpc) is 2.49. The fraction of sp³-hybridized carbons (Fsp3) is 0.667. The Balaban J connectivity index is 2.20. The molecule has 2 heterocycles. The second-order valence-electron chi connectivity index (χ2n) is 6.41. The van der Waals surface area contributed by atoms with Crippen LogP contribution in [0.2, 0.25) is 0 Å². The molecule has 106 valence electrons. The maximum atomic E-state index is 11.6. The summed E-state index contributed by atoms with van der Waals surface area (Å²) in [5.74, 6) is 0. The minimum absolute atomic E-state index is 0.0373. The van der Waals surface area contributed by atoms with Crippen LogP contribution in [0.25, 0.3) is 0 Å². The first-order valence-electron chi connectivity index (χ1n) is 6.91. The summed E-state index contributed by atoms with van der Waals surface area (Å²) in [7, 11) is 0. The summed E-state index contributed by atoms with van der Waals surface area (Å²) < 4.78 is 7.77. The molecule has 4 heteroatoms.